The Balaban J connectivity index is 1.35. The van der Waals surface area contributed by atoms with Crippen LogP contribution in [0.1, 0.15) is 22.3 Å². The molecule has 39 heavy (non-hydrogen) atoms. The molecule has 0 bridgehead atoms. The summed E-state index contributed by atoms with van der Waals surface area (Å²) in [6, 6.07) is 46.4. The fraction of sp³-hybridized carbons (Fsp3) is 0.0270. The molecule has 0 fully saturated rings. The van der Waals surface area contributed by atoms with Gasteiger partial charge in [-0.15, -0.1) is 0 Å². The van der Waals surface area contributed by atoms with Crippen LogP contribution in [-0.4, -0.2) is 9.97 Å². The first-order valence-corrected chi connectivity index (χ1v) is 13.4. The van der Waals surface area contributed by atoms with Crippen molar-refractivity contribution in [1.82, 2.24) is 9.97 Å². The highest BCUT2D eigenvalue weighted by Gasteiger charge is 2.51. The molecule has 1 spiro atoms. The number of nitrogens with zero attached hydrogens (tertiary/aromatic N) is 2. The summed E-state index contributed by atoms with van der Waals surface area (Å²) in [6.07, 6.45) is 1.85. The Hall–Kier alpha value is -5.08. The maximum atomic E-state index is 5.19. The van der Waals surface area contributed by atoms with Gasteiger partial charge in [-0.25, -0.2) is 4.98 Å². The Labute approximate surface area is 226 Å². The molecule has 0 saturated carbocycles. The fourth-order valence-electron chi connectivity index (χ4n) is 7.14. The lowest BCUT2D eigenvalue weighted by atomic mass is 9.70. The Morgan fingerprint density at radius 3 is 1.67 bits per heavy atom. The summed E-state index contributed by atoms with van der Waals surface area (Å²) in [5.41, 5.74) is 14.3. The molecule has 0 radical (unpaired) electrons. The lowest BCUT2D eigenvalue weighted by molar-refractivity contribution is 0.794. The zero-order chi connectivity index (χ0) is 25.6. The molecule has 5 aromatic carbocycles. The molecule has 0 unspecified atom stereocenters. The van der Waals surface area contributed by atoms with Gasteiger partial charge in [0.1, 0.15) is 0 Å². The predicted octanol–water partition coefficient (Wildman–Crippen LogP) is 8.79. The van der Waals surface area contributed by atoms with Crippen LogP contribution in [0, 0.1) is 0 Å². The average molecular weight is 495 g/mol. The molecule has 0 saturated heterocycles. The van der Waals surface area contributed by atoms with Crippen LogP contribution < -0.4 is 0 Å². The van der Waals surface area contributed by atoms with Crippen LogP contribution in [-0.2, 0) is 5.41 Å². The third kappa shape index (κ3) is 2.60. The van der Waals surface area contributed by atoms with Crippen molar-refractivity contribution in [2.45, 2.75) is 5.41 Å². The summed E-state index contributed by atoms with van der Waals surface area (Å²) in [7, 11) is 0. The topological polar surface area (TPSA) is 25.8 Å². The quantitative estimate of drug-likeness (QED) is 0.213. The van der Waals surface area contributed by atoms with Gasteiger partial charge in [-0.1, -0.05) is 109 Å². The monoisotopic (exact) mass is 494 g/mol. The molecule has 180 valence electrons. The molecular formula is C37H22N2. The molecule has 0 aliphatic heterocycles. The molecule has 2 heterocycles. The van der Waals surface area contributed by atoms with Crippen molar-refractivity contribution < 1.29 is 0 Å². The molecule has 2 aromatic heterocycles. The molecule has 2 aliphatic carbocycles. The Kier molecular flexibility index (Phi) is 4.02. The van der Waals surface area contributed by atoms with E-state index < -0.39 is 0 Å². The van der Waals surface area contributed by atoms with Crippen LogP contribution in [0.4, 0.5) is 0 Å². The van der Waals surface area contributed by atoms with E-state index >= 15 is 0 Å². The molecule has 9 rings (SSSR count). The minimum absolute atomic E-state index is 0.347. The second-order valence-electron chi connectivity index (χ2n) is 10.6. The van der Waals surface area contributed by atoms with Gasteiger partial charge < -0.3 is 0 Å². The van der Waals surface area contributed by atoms with Gasteiger partial charge in [0.2, 0.25) is 0 Å². The van der Waals surface area contributed by atoms with Gasteiger partial charge in [0.05, 0.1) is 22.1 Å². The lowest BCUT2D eigenvalue weighted by Gasteiger charge is -2.30. The van der Waals surface area contributed by atoms with Crippen LogP contribution in [0.5, 0.6) is 0 Å². The number of fused-ring (bicyclic) bond motifs is 13. The molecule has 0 amide bonds. The number of hydrogen-bond donors (Lipinski definition) is 0. The molecule has 7 aromatic rings. The molecule has 2 heteroatoms. The number of rotatable bonds is 1. The summed E-state index contributed by atoms with van der Waals surface area (Å²) in [6.45, 7) is 0. The van der Waals surface area contributed by atoms with E-state index in [1.807, 2.05) is 12.3 Å². The SMILES string of the molecule is c1ccc2c(c1)-c1ccccc1C21c2ccccc2-c2ccc(-c3ccc4ccc5cccnc5c4n3)cc21. The highest BCUT2D eigenvalue weighted by molar-refractivity contribution is 6.03. The maximum Gasteiger partial charge on any atom is 0.0972 e. The van der Waals surface area contributed by atoms with E-state index in [0.717, 1.165) is 33.1 Å². The number of hydrogen-bond acceptors (Lipinski definition) is 2. The number of benzene rings is 5. The zero-order valence-corrected chi connectivity index (χ0v) is 21.1. The van der Waals surface area contributed by atoms with Crippen LogP contribution >= 0.6 is 0 Å². The first kappa shape index (κ1) is 20.9. The van der Waals surface area contributed by atoms with Gasteiger partial charge in [0.15, 0.2) is 0 Å². The summed E-state index contributed by atoms with van der Waals surface area (Å²) in [4.78, 5) is 9.86. The predicted molar refractivity (Wildman–Crippen MR) is 159 cm³/mol. The van der Waals surface area contributed by atoms with Gasteiger partial charge in [0.25, 0.3) is 0 Å². The van der Waals surface area contributed by atoms with E-state index in [9.17, 15) is 0 Å². The van der Waals surface area contributed by atoms with E-state index in [1.54, 1.807) is 0 Å². The summed E-state index contributed by atoms with van der Waals surface area (Å²) < 4.78 is 0. The zero-order valence-electron chi connectivity index (χ0n) is 21.1. The molecule has 0 atom stereocenters. The van der Waals surface area contributed by atoms with E-state index in [4.69, 9.17) is 4.98 Å². The van der Waals surface area contributed by atoms with Crippen LogP contribution in [0.2, 0.25) is 0 Å². The third-order valence-corrected chi connectivity index (χ3v) is 8.73. The van der Waals surface area contributed by atoms with Crippen molar-refractivity contribution in [1.29, 1.82) is 0 Å². The largest absolute Gasteiger partial charge is 0.254 e. The van der Waals surface area contributed by atoms with Crippen molar-refractivity contribution >= 4 is 21.8 Å². The summed E-state index contributed by atoms with van der Waals surface area (Å²) in [5, 5.41) is 2.21. The Morgan fingerprint density at radius 1 is 0.436 bits per heavy atom. The fourth-order valence-corrected chi connectivity index (χ4v) is 7.14. The normalized spacial score (nSPS) is 13.8. The third-order valence-electron chi connectivity index (χ3n) is 8.73. The van der Waals surface area contributed by atoms with E-state index in [-0.39, 0.29) is 5.41 Å². The average Bonchev–Trinajstić information content (AvgIpc) is 3.48. The van der Waals surface area contributed by atoms with Crippen LogP contribution in [0.3, 0.4) is 0 Å². The highest BCUT2D eigenvalue weighted by atomic mass is 14.8. The molecule has 0 N–H and O–H groups in total. The maximum absolute atomic E-state index is 5.19. The van der Waals surface area contributed by atoms with Crippen molar-refractivity contribution in [3.63, 3.8) is 0 Å². The summed E-state index contributed by atoms with van der Waals surface area (Å²) in [5.74, 6) is 0. The van der Waals surface area contributed by atoms with E-state index in [2.05, 4.69) is 126 Å². The van der Waals surface area contributed by atoms with Crippen molar-refractivity contribution in [2.24, 2.45) is 0 Å². The molecule has 2 aliphatic rings. The van der Waals surface area contributed by atoms with E-state index in [0.29, 0.717) is 0 Å². The number of aromatic nitrogens is 2. The molecule has 2 nitrogen and oxygen atoms in total. The van der Waals surface area contributed by atoms with Crippen LogP contribution in [0.25, 0.3) is 55.3 Å². The van der Waals surface area contributed by atoms with Crippen molar-refractivity contribution in [2.75, 3.05) is 0 Å². The summed E-state index contributed by atoms with van der Waals surface area (Å²) >= 11 is 0. The Morgan fingerprint density at radius 2 is 1.00 bits per heavy atom. The van der Waals surface area contributed by atoms with Gasteiger partial charge in [0, 0.05) is 22.5 Å². The molecular weight excluding hydrogens is 472 g/mol. The Bertz CT molecular complexity index is 2080. The van der Waals surface area contributed by atoms with Crippen LogP contribution in [0.15, 0.2) is 134 Å². The minimum atomic E-state index is -0.347. The van der Waals surface area contributed by atoms with Gasteiger partial charge in [-0.2, -0.15) is 0 Å². The standard InChI is InChI=1S/C37H22N2/c1-4-12-30-26(9-1)27-10-2-5-13-31(27)37(30)32-14-6-3-11-28(32)29-19-17-25(22-33(29)37)34-20-18-24-16-15-23-8-7-21-38-35(23)36(24)39-34/h1-22H. The lowest BCUT2D eigenvalue weighted by Crippen LogP contribution is -2.25. The second kappa shape index (κ2) is 7.49. The number of pyridine rings is 2. The second-order valence-corrected chi connectivity index (χ2v) is 10.6. The van der Waals surface area contributed by atoms with Crippen molar-refractivity contribution in [3.8, 4) is 33.5 Å². The van der Waals surface area contributed by atoms with E-state index in [1.165, 1.54) is 44.5 Å². The van der Waals surface area contributed by atoms with Gasteiger partial charge in [-0.3, -0.25) is 4.98 Å². The first-order valence-electron chi connectivity index (χ1n) is 13.4. The minimum Gasteiger partial charge on any atom is -0.254 e. The van der Waals surface area contributed by atoms with Gasteiger partial charge in [-0.05, 0) is 62.7 Å². The highest BCUT2D eigenvalue weighted by Crippen LogP contribution is 2.62. The smallest absolute Gasteiger partial charge is 0.0972 e. The van der Waals surface area contributed by atoms with Gasteiger partial charge >= 0.3 is 0 Å². The van der Waals surface area contributed by atoms with Crippen molar-refractivity contribution in [3.05, 3.63) is 156 Å². The first-order chi connectivity index (χ1) is 19.3.